The quantitative estimate of drug-likeness (QED) is 0.355. The number of rotatable bonds is 2. The fraction of sp³-hybridized carbons (Fsp3) is 0.286. The van der Waals surface area contributed by atoms with Crippen molar-refractivity contribution in [3.63, 3.8) is 0 Å². The van der Waals surface area contributed by atoms with Crippen molar-refractivity contribution in [2.24, 2.45) is 10.7 Å². The van der Waals surface area contributed by atoms with Crippen molar-refractivity contribution in [3.05, 3.63) is 16.3 Å². The predicted molar refractivity (Wildman–Crippen MR) is 55.7 cm³/mol. The molecule has 0 aromatic carbocycles. The van der Waals surface area contributed by atoms with Gasteiger partial charge in [-0.15, -0.1) is 22.9 Å². The fourth-order valence-corrected chi connectivity index (χ4v) is 1.94. The number of thiophene rings is 1. The van der Waals surface area contributed by atoms with Crippen LogP contribution in [0.15, 0.2) is 16.4 Å². The van der Waals surface area contributed by atoms with Crippen LogP contribution in [0, 0.1) is 0 Å². The Balaban J connectivity index is 3.00. The second-order valence-electron chi connectivity index (χ2n) is 2.22. The summed E-state index contributed by atoms with van der Waals surface area (Å²) in [7, 11) is 0. The smallest absolute Gasteiger partial charge is 0.193 e. The summed E-state index contributed by atoms with van der Waals surface area (Å²) in [5, 5.41) is 1.89. The Hall–Kier alpha value is -0.250. The van der Waals surface area contributed by atoms with Gasteiger partial charge in [0.2, 0.25) is 0 Å². The van der Waals surface area contributed by atoms with E-state index in [1.165, 1.54) is 0 Å². The summed E-state index contributed by atoms with van der Waals surface area (Å²) < 4.78 is 0. The average Bonchev–Trinajstić information content (AvgIpc) is 2.33. The van der Waals surface area contributed by atoms with Crippen LogP contribution in [0.2, 0.25) is 0 Å². The molecular formula is C7H8Cl2N2S. The zero-order valence-corrected chi connectivity index (χ0v) is 8.75. The van der Waals surface area contributed by atoms with E-state index in [0.29, 0.717) is 0 Å². The fourth-order valence-electron chi connectivity index (χ4n) is 0.819. The number of nitrogens with two attached hydrogens (primary N) is 1. The summed E-state index contributed by atoms with van der Waals surface area (Å²) in [6.07, 6.45) is 0. The van der Waals surface area contributed by atoms with Crippen LogP contribution in [0.4, 0.5) is 5.69 Å². The Morgan fingerprint density at radius 3 is 2.92 bits per heavy atom. The molecule has 1 rings (SSSR count). The molecule has 0 fully saturated rings. The summed E-state index contributed by atoms with van der Waals surface area (Å²) in [5.41, 5.74) is 5.99. The molecule has 1 aromatic heterocycles. The average molecular weight is 223 g/mol. The van der Waals surface area contributed by atoms with Crippen LogP contribution in [0.3, 0.4) is 0 Å². The van der Waals surface area contributed by atoms with E-state index in [0.717, 1.165) is 10.6 Å². The SMILES string of the molecule is CC(Cl)c1sccc1N=C(N)Cl. The summed E-state index contributed by atoms with van der Waals surface area (Å²) in [6.45, 7) is 1.89. The van der Waals surface area contributed by atoms with Gasteiger partial charge < -0.3 is 5.73 Å². The van der Waals surface area contributed by atoms with Gasteiger partial charge in [0.05, 0.1) is 11.1 Å². The first kappa shape index (κ1) is 9.84. The number of aliphatic imine (C=N–C) groups is 1. The molecule has 66 valence electrons. The van der Waals surface area contributed by atoms with Gasteiger partial charge in [-0.3, -0.25) is 0 Å². The highest BCUT2D eigenvalue weighted by Crippen LogP contribution is 2.34. The maximum Gasteiger partial charge on any atom is 0.193 e. The van der Waals surface area contributed by atoms with Crippen LogP contribution in [-0.2, 0) is 0 Å². The lowest BCUT2D eigenvalue weighted by atomic mass is 10.3. The van der Waals surface area contributed by atoms with Gasteiger partial charge in [-0.1, -0.05) is 0 Å². The van der Waals surface area contributed by atoms with Crippen LogP contribution in [0.25, 0.3) is 0 Å². The number of hydrogen-bond donors (Lipinski definition) is 1. The van der Waals surface area contributed by atoms with Crippen molar-refractivity contribution in [3.8, 4) is 0 Å². The summed E-state index contributed by atoms with van der Waals surface area (Å²) >= 11 is 12.9. The molecule has 0 aliphatic rings. The number of amidine groups is 1. The van der Waals surface area contributed by atoms with E-state index in [1.807, 2.05) is 18.4 Å². The van der Waals surface area contributed by atoms with E-state index >= 15 is 0 Å². The second kappa shape index (κ2) is 4.12. The zero-order chi connectivity index (χ0) is 9.14. The molecule has 0 aliphatic heterocycles. The third-order valence-electron chi connectivity index (χ3n) is 1.26. The van der Waals surface area contributed by atoms with Gasteiger partial charge in [0, 0.05) is 4.88 Å². The largest absolute Gasteiger partial charge is 0.374 e. The van der Waals surface area contributed by atoms with Crippen molar-refractivity contribution in [1.82, 2.24) is 0 Å². The van der Waals surface area contributed by atoms with Crippen LogP contribution >= 0.6 is 34.5 Å². The highest BCUT2D eigenvalue weighted by Gasteiger charge is 2.08. The van der Waals surface area contributed by atoms with E-state index in [4.69, 9.17) is 28.9 Å². The van der Waals surface area contributed by atoms with Gasteiger partial charge in [-0.25, -0.2) is 4.99 Å². The van der Waals surface area contributed by atoms with Crippen LogP contribution in [-0.4, -0.2) is 5.29 Å². The molecular weight excluding hydrogens is 215 g/mol. The molecule has 1 unspecified atom stereocenters. The number of nitrogens with zero attached hydrogens (tertiary/aromatic N) is 1. The lowest BCUT2D eigenvalue weighted by molar-refractivity contribution is 1.12. The van der Waals surface area contributed by atoms with E-state index in [9.17, 15) is 0 Å². The number of hydrogen-bond acceptors (Lipinski definition) is 2. The highest BCUT2D eigenvalue weighted by molar-refractivity contribution is 7.10. The lowest BCUT2D eigenvalue weighted by Gasteiger charge is -1.99. The molecule has 0 bridgehead atoms. The molecule has 2 N–H and O–H groups in total. The minimum Gasteiger partial charge on any atom is -0.374 e. The first-order valence-electron chi connectivity index (χ1n) is 3.32. The Bertz CT molecular complexity index is 289. The van der Waals surface area contributed by atoms with Crippen molar-refractivity contribution >= 4 is 45.5 Å². The first-order chi connectivity index (χ1) is 5.61. The predicted octanol–water partition coefficient (Wildman–Crippen LogP) is 3.23. The normalized spacial score (nSPS) is 14.8. The molecule has 1 heterocycles. The minimum atomic E-state index is -0.0558. The minimum absolute atomic E-state index is 0.0342. The molecule has 0 saturated carbocycles. The van der Waals surface area contributed by atoms with Crippen molar-refractivity contribution in [2.75, 3.05) is 0 Å². The third-order valence-corrected chi connectivity index (χ3v) is 2.78. The maximum absolute atomic E-state index is 5.89. The van der Waals surface area contributed by atoms with E-state index in [2.05, 4.69) is 4.99 Å². The van der Waals surface area contributed by atoms with Gasteiger partial charge in [0.25, 0.3) is 0 Å². The molecule has 0 aliphatic carbocycles. The second-order valence-corrected chi connectivity index (χ2v) is 4.21. The Morgan fingerprint density at radius 1 is 1.75 bits per heavy atom. The molecule has 0 radical (unpaired) electrons. The van der Waals surface area contributed by atoms with Crippen LogP contribution in [0.5, 0.6) is 0 Å². The highest BCUT2D eigenvalue weighted by atomic mass is 35.5. The summed E-state index contributed by atoms with van der Waals surface area (Å²) in [4.78, 5) is 4.91. The molecule has 1 atom stereocenters. The summed E-state index contributed by atoms with van der Waals surface area (Å²) in [6, 6.07) is 1.84. The van der Waals surface area contributed by atoms with Gasteiger partial charge in [0.1, 0.15) is 0 Å². The van der Waals surface area contributed by atoms with E-state index in [-0.39, 0.29) is 10.7 Å². The summed E-state index contributed by atoms with van der Waals surface area (Å²) in [5.74, 6) is 0. The molecule has 0 saturated heterocycles. The Kier molecular flexibility index (Phi) is 3.38. The van der Waals surface area contributed by atoms with Crippen molar-refractivity contribution in [2.45, 2.75) is 12.3 Å². The van der Waals surface area contributed by atoms with Gasteiger partial charge in [0.15, 0.2) is 5.29 Å². The number of alkyl halides is 1. The molecule has 2 nitrogen and oxygen atoms in total. The maximum atomic E-state index is 5.89. The zero-order valence-electron chi connectivity index (χ0n) is 6.42. The molecule has 1 aromatic rings. The Labute approximate surface area is 85.0 Å². The molecule has 0 spiro atoms. The molecule has 12 heavy (non-hydrogen) atoms. The van der Waals surface area contributed by atoms with Crippen LogP contribution < -0.4 is 5.73 Å². The third kappa shape index (κ3) is 2.37. The van der Waals surface area contributed by atoms with E-state index < -0.39 is 0 Å². The van der Waals surface area contributed by atoms with Crippen LogP contribution in [0.1, 0.15) is 17.2 Å². The molecule has 5 heteroatoms. The van der Waals surface area contributed by atoms with Gasteiger partial charge >= 0.3 is 0 Å². The van der Waals surface area contributed by atoms with Gasteiger partial charge in [-0.2, -0.15) is 0 Å². The number of halogens is 2. The Morgan fingerprint density at radius 2 is 2.42 bits per heavy atom. The molecule has 0 amide bonds. The van der Waals surface area contributed by atoms with Gasteiger partial charge in [-0.05, 0) is 30.0 Å². The standard InChI is InChI=1S/C7H8Cl2N2S/c1-4(8)6-5(2-3-12-6)11-7(9)10/h2-4H,1H3,(H2,10,11). The van der Waals surface area contributed by atoms with Crippen molar-refractivity contribution in [1.29, 1.82) is 0 Å². The van der Waals surface area contributed by atoms with E-state index in [1.54, 1.807) is 11.3 Å². The van der Waals surface area contributed by atoms with Crippen molar-refractivity contribution < 1.29 is 0 Å². The monoisotopic (exact) mass is 222 g/mol. The lowest BCUT2D eigenvalue weighted by Crippen LogP contribution is -2.00. The topological polar surface area (TPSA) is 38.4 Å². The first-order valence-corrected chi connectivity index (χ1v) is 5.02.